The Morgan fingerprint density at radius 1 is 1.03 bits per heavy atom. The number of nitrogens with zero attached hydrogens (tertiary/aromatic N) is 2. The quantitative estimate of drug-likeness (QED) is 0.251. The third-order valence-electron chi connectivity index (χ3n) is 6.36. The van der Waals surface area contributed by atoms with Crippen LogP contribution in [0.15, 0.2) is 78.4 Å². The van der Waals surface area contributed by atoms with Crippen LogP contribution in [0, 0.1) is 12.7 Å². The molecule has 1 amide bonds. The molecule has 7 heteroatoms. The van der Waals surface area contributed by atoms with Gasteiger partial charge in [-0.1, -0.05) is 48.0 Å². The van der Waals surface area contributed by atoms with Crippen LogP contribution in [0.3, 0.4) is 0 Å². The second-order valence-electron chi connectivity index (χ2n) is 9.47. The van der Waals surface area contributed by atoms with E-state index >= 15 is 0 Å². The van der Waals surface area contributed by atoms with E-state index in [1.807, 2.05) is 50.2 Å². The molecular formula is C30H31FN2O4. The predicted molar refractivity (Wildman–Crippen MR) is 141 cm³/mol. The molecule has 37 heavy (non-hydrogen) atoms. The van der Waals surface area contributed by atoms with Gasteiger partial charge in [0.05, 0.1) is 11.6 Å². The fourth-order valence-electron chi connectivity index (χ4n) is 4.52. The summed E-state index contributed by atoms with van der Waals surface area (Å²) in [6.07, 6.45) is 0.595. The SMILES string of the molecule is Cc1cccc(COc2ccc(/C(O)=C3\C(=O)C(=O)N(CCCN(C)C)[C@H]3c3ccccc3F)cc2)c1. The summed E-state index contributed by atoms with van der Waals surface area (Å²) < 4.78 is 20.7. The summed E-state index contributed by atoms with van der Waals surface area (Å²) >= 11 is 0. The Morgan fingerprint density at radius 3 is 2.43 bits per heavy atom. The first-order valence-corrected chi connectivity index (χ1v) is 12.2. The number of ether oxygens (including phenoxy) is 1. The van der Waals surface area contributed by atoms with E-state index in [4.69, 9.17) is 4.74 Å². The molecule has 1 aliphatic heterocycles. The Morgan fingerprint density at radius 2 is 1.76 bits per heavy atom. The molecule has 192 valence electrons. The number of ketones is 1. The largest absolute Gasteiger partial charge is 0.507 e. The van der Waals surface area contributed by atoms with Crippen molar-refractivity contribution in [2.24, 2.45) is 0 Å². The number of hydrogen-bond acceptors (Lipinski definition) is 5. The molecule has 1 N–H and O–H groups in total. The number of Topliss-reactive ketones (excluding diaryl/α,β-unsaturated/α-hetero) is 1. The van der Waals surface area contributed by atoms with Gasteiger partial charge in [-0.2, -0.15) is 0 Å². The summed E-state index contributed by atoms with van der Waals surface area (Å²) in [6, 6.07) is 19.7. The molecule has 4 rings (SSSR count). The summed E-state index contributed by atoms with van der Waals surface area (Å²) in [7, 11) is 3.83. The van der Waals surface area contributed by atoms with Crippen LogP contribution in [0.2, 0.25) is 0 Å². The average Bonchev–Trinajstić information content (AvgIpc) is 3.12. The van der Waals surface area contributed by atoms with Crippen LogP contribution < -0.4 is 4.74 Å². The van der Waals surface area contributed by atoms with Crippen LogP contribution >= 0.6 is 0 Å². The number of benzene rings is 3. The number of carbonyl (C=O) groups is 2. The molecule has 0 unspecified atom stereocenters. The van der Waals surface area contributed by atoms with Crippen molar-refractivity contribution in [3.63, 3.8) is 0 Å². The monoisotopic (exact) mass is 502 g/mol. The highest BCUT2D eigenvalue weighted by molar-refractivity contribution is 6.46. The van der Waals surface area contributed by atoms with Gasteiger partial charge in [0, 0.05) is 17.7 Å². The maximum atomic E-state index is 14.9. The van der Waals surface area contributed by atoms with E-state index in [2.05, 4.69) is 0 Å². The number of carbonyl (C=O) groups excluding carboxylic acids is 2. The van der Waals surface area contributed by atoms with E-state index in [9.17, 15) is 19.1 Å². The number of halogens is 1. The van der Waals surface area contributed by atoms with Crippen molar-refractivity contribution in [1.29, 1.82) is 0 Å². The molecule has 0 spiro atoms. The zero-order valence-corrected chi connectivity index (χ0v) is 21.3. The number of hydrogen-bond donors (Lipinski definition) is 1. The van der Waals surface area contributed by atoms with E-state index in [0.717, 1.165) is 11.1 Å². The van der Waals surface area contributed by atoms with Crippen molar-refractivity contribution in [3.05, 3.63) is 106 Å². The third-order valence-corrected chi connectivity index (χ3v) is 6.36. The van der Waals surface area contributed by atoms with E-state index in [0.29, 0.717) is 30.9 Å². The lowest BCUT2D eigenvalue weighted by atomic mass is 9.95. The Bertz CT molecular complexity index is 1320. The Hall–Kier alpha value is -3.97. The predicted octanol–water partition coefficient (Wildman–Crippen LogP) is 5.09. The van der Waals surface area contributed by atoms with Gasteiger partial charge in [-0.25, -0.2) is 4.39 Å². The standard InChI is InChI=1S/C30H31FN2O4/c1-20-8-6-9-21(18-20)19-37-23-14-12-22(13-15-23)28(34)26-27(24-10-4-5-11-25(24)31)33(30(36)29(26)35)17-7-16-32(2)3/h4-6,8-15,18,27,34H,7,16-17,19H2,1-3H3/b28-26+/t27-/m0/s1. The molecule has 3 aromatic rings. The van der Waals surface area contributed by atoms with Crippen LogP contribution in [-0.2, 0) is 16.2 Å². The number of amides is 1. The molecule has 1 saturated heterocycles. The fraction of sp³-hybridized carbons (Fsp3) is 0.267. The summed E-state index contributed by atoms with van der Waals surface area (Å²) in [4.78, 5) is 29.4. The highest BCUT2D eigenvalue weighted by Gasteiger charge is 2.46. The minimum atomic E-state index is -1.01. The van der Waals surface area contributed by atoms with Gasteiger partial charge < -0.3 is 19.6 Å². The number of rotatable bonds is 9. The van der Waals surface area contributed by atoms with Gasteiger partial charge in [-0.15, -0.1) is 0 Å². The molecule has 0 aliphatic carbocycles. The molecule has 0 saturated carbocycles. The molecule has 1 aliphatic rings. The highest BCUT2D eigenvalue weighted by Crippen LogP contribution is 2.40. The summed E-state index contributed by atoms with van der Waals surface area (Å²) in [5.41, 5.74) is 2.57. The van der Waals surface area contributed by atoms with Crippen molar-refractivity contribution < 1.29 is 23.8 Å². The van der Waals surface area contributed by atoms with Gasteiger partial charge in [0.1, 0.15) is 23.9 Å². The summed E-state index contributed by atoms with van der Waals surface area (Å²) in [6.45, 7) is 3.35. The maximum Gasteiger partial charge on any atom is 0.295 e. The lowest BCUT2D eigenvalue weighted by Gasteiger charge is -2.26. The smallest absolute Gasteiger partial charge is 0.295 e. The van der Waals surface area contributed by atoms with Crippen LogP contribution in [0.25, 0.3) is 5.76 Å². The van der Waals surface area contributed by atoms with Gasteiger partial charge >= 0.3 is 0 Å². The summed E-state index contributed by atoms with van der Waals surface area (Å²) in [5.74, 6) is -1.86. The second kappa shape index (κ2) is 11.4. The van der Waals surface area contributed by atoms with Crippen molar-refractivity contribution >= 4 is 17.4 Å². The molecule has 0 aromatic heterocycles. The van der Waals surface area contributed by atoms with Crippen LogP contribution in [-0.4, -0.2) is 53.8 Å². The molecule has 0 bridgehead atoms. The summed E-state index contributed by atoms with van der Waals surface area (Å²) in [5, 5.41) is 11.2. The third kappa shape index (κ3) is 5.89. The molecule has 6 nitrogen and oxygen atoms in total. The molecule has 3 aromatic carbocycles. The molecule has 1 heterocycles. The molecular weight excluding hydrogens is 471 g/mol. The Balaban J connectivity index is 1.64. The molecule has 1 atom stereocenters. The van der Waals surface area contributed by atoms with Crippen LogP contribution in [0.4, 0.5) is 4.39 Å². The average molecular weight is 503 g/mol. The van der Waals surface area contributed by atoms with E-state index in [1.54, 1.807) is 42.5 Å². The normalized spacial score (nSPS) is 17.0. The van der Waals surface area contributed by atoms with E-state index in [-0.39, 0.29) is 23.4 Å². The molecule has 0 radical (unpaired) electrons. The van der Waals surface area contributed by atoms with Crippen molar-refractivity contribution in [3.8, 4) is 5.75 Å². The van der Waals surface area contributed by atoms with Gasteiger partial charge in [-0.3, -0.25) is 9.59 Å². The van der Waals surface area contributed by atoms with Crippen molar-refractivity contribution in [1.82, 2.24) is 9.80 Å². The molecule has 1 fully saturated rings. The zero-order valence-electron chi connectivity index (χ0n) is 21.3. The second-order valence-corrected chi connectivity index (χ2v) is 9.47. The minimum absolute atomic E-state index is 0.117. The lowest BCUT2D eigenvalue weighted by Crippen LogP contribution is -2.32. The van der Waals surface area contributed by atoms with Gasteiger partial charge in [-0.05, 0) is 69.9 Å². The van der Waals surface area contributed by atoms with Gasteiger partial charge in [0.2, 0.25) is 0 Å². The highest BCUT2D eigenvalue weighted by atomic mass is 19.1. The number of aryl methyl sites for hydroxylation is 1. The van der Waals surface area contributed by atoms with Gasteiger partial charge in [0.25, 0.3) is 11.7 Å². The van der Waals surface area contributed by atoms with Gasteiger partial charge in [0.15, 0.2) is 0 Å². The van der Waals surface area contributed by atoms with E-state index < -0.39 is 23.5 Å². The van der Waals surface area contributed by atoms with Crippen molar-refractivity contribution in [2.45, 2.75) is 26.0 Å². The van der Waals surface area contributed by atoms with Crippen LogP contribution in [0.5, 0.6) is 5.75 Å². The number of aliphatic hydroxyl groups excluding tert-OH is 1. The first kappa shape index (κ1) is 26.1. The first-order valence-electron chi connectivity index (χ1n) is 12.2. The zero-order chi connectivity index (χ0) is 26.5. The van der Waals surface area contributed by atoms with Crippen molar-refractivity contribution in [2.75, 3.05) is 27.2 Å². The topological polar surface area (TPSA) is 70.1 Å². The van der Waals surface area contributed by atoms with E-state index in [1.165, 1.54) is 11.0 Å². The Kier molecular flexibility index (Phi) is 8.04. The maximum absolute atomic E-state index is 14.9. The van der Waals surface area contributed by atoms with Crippen LogP contribution in [0.1, 0.15) is 34.7 Å². The number of aliphatic hydroxyl groups is 1. The first-order chi connectivity index (χ1) is 17.8. The lowest BCUT2D eigenvalue weighted by molar-refractivity contribution is -0.140. The number of likely N-dealkylation sites (tertiary alicyclic amines) is 1. The fourth-order valence-corrected chi connectivity index (χ4v) is 4.52. The minimum Gasteiger partial charge on any atom is -0.507 e. The Labute approximate surface area is 216 Å².